The Balaban J connectivity index is 0.00000200. The van der Waals surface area contributed by atoms with E-state index in [2.05, 4.69) is 21.9 Å². The molecule has 0 radical (unpaired) electrons. The van der Waals surface area contributed by atoms with E-state index in [1.54, 1.807) is 12.3 Å². The summed E-state index contributed by atoms with van der Waals surface area (Å²) in [5.41, 5.74) is 6.74. The van der Waals surface area contributed by atoms with Gasteiger partial charge in [-0.05, 0) is 30.9 Å². The van der Waals surface area contributed by atoms with Crippen LogP contribution in [0.1, 0.15) is 24.8 Å². The number of rotatable bonds is 6. The number of aliphatic imine (C=N–C) groups is 1. The summed E-state index contributed by atoms with van der Waals surface area (Å²) < 4.78 is 5.74. The van der Waals surface area contributed by atoms with E-state index in [-0.39, 0.29) is 24.0 Å². The third kappa shape index (κ3) is 5.36. The number of nitrogens with one attached hydrogen (secondary N) is 1. The topological polar surface area (TPSA) is 72.5 Å². The Morgan fingerprint density at radius 1 is 1.60 bits per heavy atom. The SMILES string of the molecule is C=CCNC(N)=NCc1ccnc(OC2CCC2)c1.I. The Hall–Kier alpha value is -1.31. The summed E-state index contributed by atoms with van der Waals surface area (Å²) in [6.07, 6.45) is 7.32. The summed E-state index contributed by atoms with van der Waals surface area (Å²) in [5.74, 6) is 1.09. The van der Waals surface area contributed by atoms with E-state index in [1.165, 1.54) is 6.42 Å². The molecule has 1 heterocycles. The first-order chi connectivity index (χ1) is 9.28. The van der Waals surface area contributed by atoms with Gasteiger partial charge in [0.1, 0.15) is 6.10 Å². The lowest BCUT2D eigenvalue weighted by Gasteiger charge is -2.25. The third-order valence-electron chi connectivity index (χ3n) is 3.00. The Kier molecular flexibility index (Phi) is 7.35. The second-order valence-corrected chi connectivity index (χ2v) is 4.54. The number of pyridine rings is 1. The molecule has 0 atom stereocenters. The molecule has 1 aromatic rings. The average Bonchev–Trinajstić information content (AvgIpc) is 2.39. The second-order valence-electron chi connectivity index (χ2n) is 4.54. The molecule has 110 valence electrons. The van der Waals surface area contributed by atoms with Gasteiger partial charge in [0.2, 0.25) is 5.88 Å². The zero-order valence-electron chi connectivity index (χ0n) is 11.4. The van der Waals surface area contributed by atoms with Gasteiger partial charge < -0.3 is 15.8 Å². The molecule has 5 nitrogen and oxygen atoms in total. The highest BCUT2D eigenvalue weighted by Gasteiger charge is 2.19. The van der Waals surface area contributed by atoms with Gasteiger partial charge >= 0.3 is 0 Å². The lowest BCUT2D eigenvalue weighted by atomic mass is 9.96. The molecule has 20 heavy (non-hydrogen) atoms. The third-order valence-corrected chi connectivity index (χ3v) is 3.00. The first-order valence-corrected chi connectivity index (χ1v) is 6.54. The molecular weight excluding hydrogens is 367 g/mol. The van der Waals surface area contributed by atoms with Crippen LogP contribution in [0.5, 0.6) is 5.88 Å². The summed E-state index contributed by atoms with van der Waals surface area (Å²) in [6.45, 7) is 4.73. The predicted molar refractivity (Wildman–Crippen MR) is 91.4 cm³/mol. The minimum absolute atomic E-state index is 0. The van der Waals surface area contributed by atoms with Crippen LogP contribution in [-0.4, -0.2) is 23.6 Å². The number of halogens is 1. The van der Waals surface area contributed by atoms with Crippen LogP contribution in [0, 0.1) is 0 Å². The molecule has 0 bridgehead atoms. The number of guanidine groups is 1. The molecule has 0 amide bonds. The first-order valence-electron chi connectivity index (χ1n) is 6.54. The highest BCUT2D eigenvalue weighted by atomic mass is 127. The van der Waals surface area contributed by atoms with Gasteiger partial charge in [0.15, 0.2) is 5.96 Å². The lowest BCUT2D eigenvalue weighted by molar-refractivity contribution is 0.114. The minimum atomic E-state index is 0. The van der Waals surface area contributed by atoms with E-state index in [1.807, 2.05) is 12.1 Å². The predicted octanol–water partition coefficient (Wildman–Crippen LogP) is 2.22. The molecule has 6 heteroatoms. The van der Waals surface area contributed by atoms with Crippen molar-refractivity contribution in [1.29, 1.82) is 0 Å². The van der Waals surface area contributed by atoms with Crippen molar-refractivity contribution in [2.75, 3.05) is 6.54 Å². The monoisotopic (exact) mass is 388 g/mol. The molecular formula is C14H21IN4O. The quantitative estimate of drug-likeness (QED) is 0.339. The van der Waals surface area contributed by atoms with Crippen LogP contribution < -0.4 is 15.8 Å². The van der Waals surface area contributed by atoms with Crippen molar-refractivity contribution >= 4 is 29.9 Å². The Morgan fingerprint density at radius 2 is 2.40 bits per heavy atom. The van der Waals surface area contributed by atoms with Gasteiger partial charge in [-0.1, -0.05) is 6.08 Å². The van der Waals surface area contributed by atoms with E-state index >= 15 is 0 Å². The largest absolute Gasteiger partial charge is 0.474 e. The number of aromatic nitrogens is 1. The Labute approximate surface area is 136 Å². The molecule has 1 aromatic heterocycles. The zero-order valence-corrected chi connectivity index (χ0v) is 13.7. The molecule has 3 N–H and O–H groups in total. The number of nitrogens with two attached hydrogens (primary N) is 1. The molecule has 1 saturated carbocycles. The minimum Gasteiger partial charge on any atom is -0.474 e. The Bertz CT molecular complexity index is 460. The number of hydrogen-bond acceptors (Lipinski definition) is 3. The van der Waals surface area contributed by atoms with E-state index in [4.69, 9.17) is 10.5 Å². The molecule has 1 fully saturated rings. The number of hydrogen-bond donors (Lipinski definition) is 2. The fourth-order valence-electron chi connectivity index (χ4n) is 1.68. The maximum absolute atomic E-state index is 5.74. The molecule has 0 spiro atoms. The first kappa shape index (κ1) is 16.7. The molecule has 1 aliphatic rings. The molecule has 2 rings (SSSR count). The van der Waals surface area contributed by atoms with Gasteiger partial charge in [-0.15, -0.1) is 30.6 Å². The van der Waals surface area contributed by atoms with Gasteiger partial charge in [-0.25, -0.2) is 9.98 Å². The van der Waals surface area contributed by atoms with Crippen molar-refractivity contribution < 1.29 is 4.74 Å². The van der Waals surface area contributed by atoms with Crippen LogP contribution in [0.4, 0.5) is 0 Å². The van der Waals surface area contributed by atoms with E-state index in [0.29, 0.717) is 31.0 Å². The standard InChI is InChI=1S/C14H20N4O.HI/c1-2-7-17-14(15)18-10-11-6-8-16-13(9-11)19-12-4-3-5-12;/h2,6,8-9,12H,1,3-5,7,10H2,(H3,15,17,18);1H. The van der Waals surface area contributed by atoms with Crippen molar-refractivity contribution in [2.45, 2.75) is 31.9 Å². The van der Waals surface area contributed by atoms with Crippen LogP contribution in [0.3, 0.4) is 0 Å². The number of nitrogens with zero attached hydrogens (tertiary/aromatic N) is 2. The highest BCUT2D eigenvalue weighted by molar-refractivity contribution is 14.0. The van der Waals surface area contributed by atoms with Crippen LogP contribution in [-0.2, 0) is 6.54 Å². The smallest absolute Gasteiger partial charge is 0.213 e. The lowest BCUT2D eigenvalue weighted by Crippen LogP contribution is -2.31. The maximum Gasteiger partial charge on any atom is 0.213 e. The van der Waals surface area contributed by atoms with Gasteiger partial charge in [-0.2, -0.15) is 0 Å². The fraction of sp³-hybridized carbons (Fsp3) is 0.429. The summed E-state index contributed by atoms with van der Waals surface area (Å²) in [6, 6.07) is 3.83. The van der Waals surface area contributed by atoms with Gasteiger partial charge in [0.05, 0.1) is 6.54 Å². The Morgan fingerprint density at radius 3 is 3.05 bits per heavy atom. The van der Waals surface area contributed by atoms with Crippen molar-refractivity contribution in [1.82, 2.24) is 10.3 Å². The van der Waals surface area contributed by atoms with E-state index in [9.17, 15) is 0 Å². The zero-order chi connectivity index (χ0) is 13.5. The second kappa shape index (κ2) is 8.78. The average molecular weight is 388 g/mol. The van der Waals surface area contributed by atoms with Crippen LogP contribution in [0.25, 0.3) is 0 Å². The molecule has 0 saturated heterocycles. The number of ether oxygens (including phenoxy) is 1. The van der Waals surface area contributed by atoms with E-state index < -0.39 is 0 Å². The van der Waals surface area contributed by atoms with Crippen LogP contribution >= 0.6 is 24.0 Å². The van der Waals surface area contributed by atoms with Gasteiger partial charge in [-0.3, -0.25) is 0 Å². The normalized spacial score (nSPS) is 14.9. The molecule has 0 aromatic carbocycles. The van der Waals surface area contributed by atoms with Crippen molar-refractivity contribution in [3.63, 3.8) is 0 Å². The fourth-order valence-corrected chi connectivity index (χ4v) is 1.68. The summed E-state index contributed by atoms with van der Waals surface area (Å²) in [7, 11) is 0. The van der Waals surface area contributed by atoms with Crippen molar-refractivity contribution in [2.24, 2.45) is 10.7 Å². The van der Waals surface area contributed by atoms with Crippen LogP contribution in [0.15, 0.2) is 36.0 Å². The van der Waals surface area contributed by atoms with Gasteiger partial charge in [0, 0.05) is 18.8 Å². The summed E-state index contributed by atoms with van der Waals surface area (Å²) in [4.78, 5) is 8.45. The van der Waals surface area contributed by atoms with E-state index in [0.717, 1.165) is 18.4 Å². The van der Waals surface area contributed by atoms with Gasteiger partial charge in [0.25, 0.3) is 0 Å². The maximum atomic E-state index is 5.74. The van der Waals surface area contributed by atoms with Crippen LogP contribution in [0.2, 0.25) is 0 Å². The highest BCUT2D eigenvalue weighted by Crippen LogP contribution is 2.24. The summed E-state index contributed by atoms with van der Waals surface area (Å²) in [5, 5.41) is 2.93. The molecule has 0 aliphatic heterocycles. The van der Waals surface area contributed by atoms with Crippen molar-refractivity contribution in [3.05, 3.63) is 36.5 Å². The van der Waals surface area contributed by atoms with Crippen molar-refractivity contribution in [3.8, 4) is 5.88 Å². The molecule has 1 aliphatic carbocycles. The molecule has 0 unspecified atom stereocenters. The summed E-state index contributed by atoms with van der Waals surface area (Å²) >= 11 is 0.